The average molecular weight is 263 g/mol. The van der Waals surface area contributed by atoms with Gasteiger partial charge in [-0.15, -0.1) is 0 Å². The van der Waals surface area contributed by atoms with Gasteiger partial charge in [-0.1, -0.05) is 18.2 Å². The monoisotopic (exact) mass is 263 g/mol. The summed E-state index contributed by atoms with van der Waals surface area (Å²) < 4.78 is 10.0. The normalized spacial score (nSPS) is 22.3. The van der Waals surface area contributed by atoms with Gasteiger partial charge < -0.3 is 9.47 Å². The van der Waals surface area contributed by atoms with E-state index < -0.39 is 12.0 Å². The van der Waals surface area contributed by atoms with Gasteiger partial charge in [0.15, 0.2) is 0 Å². The van der Waals surface area contributed by atoms with Gasteiger partial charge in [-0.3, -0.25) is 9.69 Å². The van der Waals surface area contributed by atoms with E-state index in [1.54, 1.807) is 24.3 Å². The number of esters is 1. The van der Waals surface area contributed by atoms with Crippen molar-refractivity contribution >= 4 is 11.9 Å². The highest BCUT2D eigenvalue weighted by Crippen LogP contribution is 2.27. The number of benzene rings is 1. The lowest BCUT2D eigenvalue weighted by molar-refractivity contribution is -0.147. The molecular formula is C14H17NO4. The van der Waals surface area contributed by atoms with Gasteiger partial charge in [0.25, 0.3) is 5.91 Å². The first kappa shape index (κ1) is 13.5. The molecule has 1 fully saturated rings. The summed E-state index contributed by atoms with van der Waals surface area (Å²) in [6.45, 7) is 0. The van der Waals surface area contributed by atoms with Gasteiger partial charge in [0, 0.05) is 12.7 Å². The number of likely N-dealkylation sites (tertiary alicyclic amines) is 1. The largest absolute Gasteiger partial charge is 0.467 e. The van der Waals surface area contributed by atoms with Crippen molar-refractivity contribution < 1.29 is 19.1 Å². The highest BCUT2D eigenvalue weighted by Gasteiger charge is 2.42. The Balaban J connectivity index is 2.27. The quantitative estimate of drug-likeness (QED) is 0.774. The summed E-state index contributed by atoms with van der Waals surface area (Å²) in [5.41, 5.74) is 0.542. The molecular weight excluding hydrogens is 246 g/mol. The van der Waals surface area contributed by atoms with Crippen LogP contribution in [-0.2, 0) is 14.3 Å². The Hall–Kier alpha value is -1.88. The molecule has 0 radical (unpaired) electrons. The third-order valence-corrected chi connectivity index (χ3v) is 3.33. The van der Waals surface area contributed by atoms with E-state index in [0.29, 0.717) is 18.4 Å². The van der Waals surface area contributed by atoms with E-state index in [1.807, 2.05) is 6.07 Å². The minimum absolute atomic E-state index is 0.208. The molecule has 0 bridgehead atoms. The van der Waals surface area contributed by atoms with Crippen LogP contribution in [-0.4, -0.2) is 43.3 Å². The molecule has 0 spiro atoms. The predicted molar refractivity (Wildman–Crippen MR) is 68.4 cm³/mol. The lowest BCUT2D eigenvalue weighted by Crippen LogP contribution is -2.46. The first-order valence-electron chi connectivity index (χ1n) is 6.17. The average Bonchev–Trinajstić information content (AvgIpc) is 2.90. The number of methoxy groups -OCH3 is 2. The van der Waals surface area contributed by atoms with Crippen LogP contribution in [0, 0.1) is 0 Å². The van der Waals surface area contributed by atoms with Gasteiger partial charge >= 0.3 is 5.97 Å². The maximum absolute atomic E-state index is 12.5. The van der Waals surface area contributed by atoms with Crippen molar-refractivity contribution in [3.63, 3.8) is 0 Å². The minimum atomic E-state index is -0.567. The standard InChI is InChI=1S/C14H17NO4/c1-18-12-9-8-11(14(17)19-2)15(12)13(16)10-6-4-3-5-7-10/h3-7,11-12H,8-9H2,1-2H3. The van der Waals surface area contributed by atoms with Crippen LogP contribution >= 0.6 is 0 Å². The van der Waals surface area contributed by atoms with Crippen molar-refractivity contribution in [2.24, 2.45) is 0 Å². The number of nitrogens with zero attached hydrogens (tertiary/aromatic N) is 1. The van der Waals surface area contributed by atoms with Crippen LogP contribution in [0.1, 0.15) is 23.2 Å². The molecule has 5 nitrogen and oxygen atoms in total. The van der Waals surface area contributed by atoms with E-state index in [0.717, 1.165) is 0 Å². The van der Waals surface area contributed by atoms with Crippen LogP contribution in [0.15, 0.2) is 30.3 Å². The molecule has 1 saturated heterocycles. The maximum atomic E-state index is 12.5. The molecule has 5 heteroatoms. The van der Waals surface area contributed by atoms with Crippen molar-refractivity contribution in [2.75, 3.05) is 14.2 Å². The topological polar surface area (TPSA) is 55.8 Å². The SMILES string of the molecule is COC(=O)C1CCC(OC)N1C(=O)c1ccccc1. The number of hydrogen-bond acceptors (Lipinski definition) is 4. The second kappa shape index (κ2) is 5.84. The molecule has 2 rings (SSSR count). The molecule has 0 saturated carbocycles. The van der Waals surface area contributed by atoms with Gasteiger partial charge in [-0.05, 0) is 25.0 Å². The number of ether oxygens (including phenoxy) is 2. The Bertz CT molecular complexity index is 460. The molecule has 0 aliphatic carbocycles. The van der Waals surface area contributed by atoms with Gasteiger partial charge in [-0.25, -0.2) is 4.79 Å². The van der Waals surface area contributed by atoms with Crippen molar-refractivity contribution in [3.8, 4) is 0 Å². The first-order chi connectivity index (χ1) is 9.19. The van der Waals surface area contributed by atoms with E-state index in [1.165, 1.54) is 19.1 Å². The highest BCUT2D eigenvalue weighted by atomic mass is 16.5. The van der Waals surface area contributed by atoms with Gasteiger partial charge in [0.1, 0.15) is 12.3 Å². The summed E-state index contributed by atoms with van der Waals surface area (Å²) in [6.07, 6.45) is 0.815. The second-order valence-corrected chi connectivity index (χ2v) is 4.39. The molecule has 1 aromatic carbocycles. The molecule has 1 amide bonds. The lowest BCUT2D eigenvalue weighted by Gasteiger charge is -2.27. The fourth-order valence-electron chi connectivity index (χ4n) is 2.38. The smallest absolute Gasteiger partial charge is 0.328 e. The number of carbonyl (C=O) groups excluding carboxylic acids is 2. The molecule has 0 aromatic heterocycles. The predicted octanol–water partition coefficient (Wildman–Crippen LogP) is 1.44. The maximum Gasteiger partial charge on any atom is 0.328 e. The van der Waals surface area contributed by atoms with E-state index in [4.69, 9.17) is 9.47 Å². The summed E-state index contributed by atoms with van der Waals surface area (Å²) in [7, 11) is 2.86. The van der Waals surface area contributed by atoms with Crippen LogP contribution in [0.2, 0.25) is 0 Å². The zero-order valence-corrected chi connectivity index (χ0v) is 11.0. The third kappa shape index (κ3) is 2.61. The first-order valence-corrected chi connectivity index (χ1v) is 6.17. The number of amides is 1. The van der Waals surface area contributed by atoms with Crippen molar-refractivity contribution in [3.05, 3.63) is 35.9 Å². The van der Waals surface area contributed by atoms with Crippen molar-refractivity contribution in [1.82, 2.24) is 4.90 Å². The zero-order chi connectivity index (χ0) is 13.8. The molecule has 1 aliphatic rings. The zero-order valence-electron chi connectivity index (χ0n) is 11.0. The van der Waals surface area contributed by atoms with E-state index in [2.05, 4.69) is 0 Å². The lowest BCUT2D eigenvalue weighted by atomic mass is 10.1. The van der Waals surface area contributed by atoms with Crippen molar-refractivity contribution in [1.29, 1.82) is 0 Å². The summed E-state index contributed by atoms with van der Waals surface area (Å²) in [4.78, 5) is 25.7. The number of rotatable bonds is 3. The molecule has 19 heavy (non-hydrogen) atoms. The summed E-state index contributed by atoms with van der Waals surface area (Å²) in [5, 5.41) is 0. The highest BCUT2D eigenvalue weighted by molar-refractivity contribution is 5.97. The summed E-state index contributed by atoms with van der Waals surface area (Å²) in [6, 6.07) is 8.30. The molecule has 1 aromatic rings. The minimum Gasteiger partial charge on any atom is -0.467 e. The number of hydrogen-bond donors (Lipinski definition) is 0. The van der Waals surface area contributed by atoms with E-state index >= 15 is 0 Å². The van der Waals surface area contributed by atoms with Gasteiger partial charge in [-0.2, -0.15) is 0 Å². The van der Waals surface area contributed by atoms with Crippen LogP contribution in [0.3, 0.4) is 0 Å². The summed E-state index contributed by atoms with van der Waals surface area (Å²) in [5.74, 6) is -0.607. The molecule has 2 unspecified atom stereocenters. The summed E-state index contributed by atoms with van der Waals surface area (Å²) >= 11 is 0. The fourth-order valence-corrected chi connectivity index (χ4v) is 2.38. The van der Waals surface area contributed by atoms with Crippen LogP contribution in [0.25, 0.3) is 0 Å². The van der Waals surface area contributed by atoms with Crippen LogP contribution < -0.4 is 0 Å². The molecule has 2 atom stereocenters. The van der Waals surface area contributed by atoms with Crippen molar-refractivity contribution in [2.45, 2.75) is 25.1 Å². The Kier molecular flexibility index (Phi) is 4.16. The molecule has 1 aliphatic heterocycles. The van der Waals surface area contributed by atoms with Crippen LogP contribution in [0.5, 0.6) is 0 Å². The van der Waals surface area contributed by atoms with Gasteiger partial charge in [0.05, 0.1) is 7.11 Å². The van der Waals surface area contributed by atoms with E-state index in [9.17, 15) is 9.59 Å². The van der Waals surface area contributed by atoms with Gasteiger partial charge in [0.2, 0.25) is 0 Å². The molecule has 1 heterocycles. The number of carbonyl (C=O) groups is 2. The van der Waals surface area contributed by atoms with E-state index in [-0.39, 0.29) is 12.1 Å². The second-order valence-electron chi connectivity index (χ2n) is 4.39. The Morgan fingerprint density at radius 1 is 1.16 bits per heavy atom. The Labute approximate surface area is 112 Å². The third-order valence-electron chi connectivity index (χ3n) is 3.33. The molecule has 0 N–H and O–H groups in total. The fraction of sp³-hybridized carbons (Fsp3) is 0.429. The van der Waals surface area contributed by atoms with Crippen LogP contribution in [0.4, 0.5) is 0 Å². The molecule has 102 valence electrons. The Morgan fingerprint density at radius 3 is 2.42 bits per heavy atom. The Morgan fingerprint density at radius 2 is 1.84 bits per heavy atom.